The molecule has 2 aromatic carbocycles. The second-order valence-corrected chi connectivity index (χ2v) is 6.01. The lowest BCUT2D eigenvalue weighted by atomic mass is 9.98. The van der Waals surface area contributed by atoms with Crippen molar-refractivity contribution < 1.29 is 13.9 Å². The summed E-state index contributed by atoms with van der Waals surface area (Å²) in [5.41, 5.74) is 2.34. The van der Waals surface area contributed by atoms with Gasteiger partial charge in [-0.15, -0.1) is 0 Å². The molecule has 0 radical (unpaired) electrons. The van der Waals surface area contributed by atoms with Gasteiger partial charge in [0.1, 0.15) is 11.4 Å². The van der Waals surface area contributed by atoms with Crippen molar-refractivity contribution >= 4 is 12.0 Å². The van der Waals surface area contributed by atoms with Crippen LogP contribution in [0.25, 0.3) is 17.2 Å². The van der Waals surface area contributed by atoms with Gasteiger partial charge < -0.3 is 4.74 Å². The topological polar surface area (TPSA) is 26.3 Å². The fourth-order valence-corrected chi connectivity index (χ4v) is 2.08. The van der Waals surface area contributed by atoms with Crippen LogP contribution in [0.5, 0.6) is 0 Å². The average molecular weight is 298 g/mol. The van der Waals surface area contributed by atoms with Gasteiger partial charge in [0.05, 0.1) is 5.56 Å². The largest absolute Gasteiger partial charge is 0.456 e. The highest BCUT2D eigenvalue weighted by atomic mass is 19.1. The van der Waals surface area contributed by atoms with Crippen molar-refractivity contribution in [3.05, 3.63) is 66.0 Å². The molecule has 0 fully saturated rings. The van der Waals surface area contributed by atoms with Gasteiger partial charge in [0.15, 0.2) is 0 Å². The molecule has 3 heteroatoms. The smallest absolute Gasteiger partial charge is 0.338 e. The Morgan fingerprint density at radius 2 is 1.77 bits per heavy atom. The number of ether oxygens (including phenoxy) is 1. The van der Waals surface area contributed by atoms with E-state index in [9.17, 15) is 9.18 Å². The molecule has 0 bridgehead atoms. The molecule has 0 aliphatic rings. The highest BCUT2D eigenvalue weighted by Crippen LogP contribution is 2.26. The van der Waals surface area contributed by atoms with Crippen LogP contribution in [-0.4, -0.2) is 11.6 Å². The molecule has 0 atom stereocenters. The Kier molecular flexibility index (Phi) is 4.45. The summed E-state index contributed by atoms with van der Waals surface area (Å²) in [5.74, 6) is -0.681. The number of esters is 1. The zero-order chi connectivity index (χ0) is 16.3. The Morgan fingerprint density at radius 1 is 1.14 bits per heavy atom. The lowest BCUT2D eigenvalue weighted by Gasteiger charge is -2.19. The van der Waals surface area contributed by atoms with Crippen molar-refractivity contribution in [3.63, 3.8) is 0 Å². The van der Waals surface area contributed by atoms with Gasteiger partial charge in [-0.25, -0.2) is 9.18 Å². The third-order valence-electron chi connectivity index (χ3n) is 3.07. The Balaban J connectivity index is 2.32. The van der Waals surface area contributed by atoms with E-state index in [1.807, 2.05) is 20.8 Å². The summed E-state index contributed by atoms with van der Waals surface area (Å²) < 4.78 is 18.8. The Labute approximate surface area is 130 Å². The van der Waals surface area contributed by atoms with Crippen molar-refractivity contribution in [1.82, 2.24) is 0 Å². The van der Waals surface area contributed by atoms with E-state index in [1.165, 1.54) is 12.1 Å². The molecule has 0 N–H and O–H groups in total. The molecule has 0 aliphatic heterocycles. The van der Waals surface area contributed by atoms with Crippen LogP contribution in [0.4, 0.5) is 4.39 Å². The molecule has 0 unspecified atom stereocenters. The van der Waals surface area contributed by atoms with Gasteiger partial charge in [0.2, 0.25) is 0 Å². The van der Waals surface area contributed by atoms with E-state index in [-0.39, 0.29) is 11.8 Å². The molecule has 0 aliphatic carbocycles. The Hall–Kier alpha value is -2.42. The van der Waals surface area contributed by atoms with Gasteiger partial charge in [0.25, 0.3) is 0 Å². The first-order chi connectivity index (χ1) is 10.3. The third-order valence-corrected chi connectivity index (χ3v) is 3.07. The molecule has 2 nitrogen and oxygen atoms in total. The zero-order valence-corrected chi connectivity index (χ0v) is 13.0. The van der Waals surface area contributed by atoms with Crippen molar-refractivity contribution in [3.8, 4) is 11.1 Å². The van der Waals surface area contributed by atoms with Crippen molar-refractivity contribution in [1.29, 1.82) is 0 Å². The van der Waals surface area contributed by atoms with Gasteiger partial charge in [0, 0.05) is 0 Å². The number of benzene rings is 2. The molecule has 0 saturated carbocycles. The van der Waals surface area contributed by atoms with Crippen molar-refractivity contribution in [2.75, 3.05) is 0 Å². The van der Waals surface area contributed by atoms with Crippen molar-refractivity contribution in [2.45, 2.75) is 26.4 Å². The maximum Gasteiger partial charge on any atom is 0.338 e. The lowest BCUT2D eigenvalue weighted by molar-refractivity contribution is 0.00696. The maximum absolute atomic E-state index is 13.5. The minimum atomic E-state index is -0.533. The second kappa shape index (κ2) is 6.14. The molecule has 0 spiro atoms. The van der Waals surface area contributed by atoms with Gasteiger partial charge in [-0.1, -0.05) is 30.9 Å². The lowest BCUT2D eigenvalue weighted by Crippen LogP contribution is -2.23. The monoisotopic (exact) mass is 298 g/mol. The van der Waals surface area contributed by atoms with E-state index in [2.05, 4.69) is 6.58 Å². The second-order valence-electron chi connectivity index (χ2n) is 6.01. The van der Waals surface area contributed by atoms with E-state index in [0.717, 1.165) is 16.7 Å². The minimum absolute atomic E-state index is 0.309. The van der Waals surface area contributed by atoms with E-state index in [1.54, 1.807) is 36.4 Å². The van der Waals surface area contributed by atoms with Gasteiger partial charge >= 0.3 is 5.97 Å². The summed E-state index contributed by atoms with van der Waals surface area (Å²) in [5, 5.41) is 0. The van der Waals surface area contributed by atoms with Crippen LogP contribution in [0, 0.1) is 5.82 Å². The summed E-state index contributed by atoms with van der Waals surface area (Å²) in [6.45, 7) is 9.20. The molecule has 0 heterocycles. The molecule has 0 aromatic heterocycles. The summed E-state index contributed by atoms with van der Waals surface area (Å²) in [6, 6.07) is 11.5. The van der Waals surface area contributed by atoms with Crippen LogP contribution in [0.1, 0.15) is 36.7 Å². The van der Waals surface area contributed by atoms with E-state index < -0.39 is 5.60 Å². The summed E-state index contributed by atoms with van der Waals surface area (Å²) >= 11 is 0. The van der Waals surface area contributed by atoms with Crippen molar-refractivity contribution in [2.24, 2.45) is 0 Å². The fraction of sp³-hybridized carbons (Fsp3) is 0.211. The summed E-state index contributed by atoms with van der Waals surface area (Å²) in [7, 11) is 0. The highest BCUT2D eigenvalue weighted by Gasteiger charge is 2.17. The quantitative estimate of drug-likeness (QED) is 0.738. The molecular formula is C19H19FO2. The first kappa shape index (κ1) is 16.0. The molecule has 114 valence electrons. The Bertz CT molecular complexity index is 694. The molecular weight excluding hydrogens is 279 g/mol. The van der Waals surface area contributed by atoms with Crippen LogP contribution >= 0.6 is 0 Å². The molecule has 22 heavy (non-hydrogen) atoms. The standard InChI is InChI=1S/C19H19FO2/c1-5-13-10-11-16(20)12-17(13)14-6-8-15(9-7-14)18(21)22-19(2,3)4/h5-12H,1H2,2-4H3. The zero-order valence-electron chi connectivity index (χ0n) is 13.0. The van der Waals surface area contributed by atoms with Crippen LogP contribution in [0.2, 0.25) is 0 Å². The Morgan fingerprint density at radius 3 is 2.32 bits per heavy atom. The predicted octanol–water partition coefficient (Wildman–Crippen LogP) is 5.09. The summed E-state index contributed by atoms with van der Waals surface area (Å²) in [6.07, 6.45) is 1.68. The number of hydrogen-bond donors (Lipinski definition) is 0. The van der Waals surface area contributed by atoms with E-state index in [0.29, 0.717) is 5.56 Å². The molecule has 2 aromatic rings. The predicted molar refractivity (Wildman–Crippen MR) is 87.1 cm³/mol. The molecule has 0 saturated heterocycles. The van der Waals surface area contributed by atoms with Crippen LogP contribution in [0.15, 0.2) is 49.0 Å². The van der Waals surface area contributed by atoms with Gasteiger partial charge in [-0.2, -0.15) is 0 Å². The number of hydrogen-bond acceptors (Lipinski definition) is 2. The number of rotatable bonds is 3. The van der Waals surface area contributed by atoms with Gasteiger partial charge in [-0.3, -0.25) is 0 Å². The minimum Gasteiger partial charge on any atom is -0.456 e. The SMILES string of the molecule is C=Cc1ccc(F)cc1-c1ccc(C(=O)OC(C)(C)C)cc1. The maximum atomic E-state index is 13.5. The molecule has 2 rings (SSSR count). The van der Waals surface area contributed by atoms with Crippen LogP contribution < -0.4 is 0 Å². The highest BCUT2D eigenvalue weighted by molar-refractivity contribution is 5.90. The first-order valence-corrected chi connectivity index (χ1v) is 7.06. The van der Waals surface area contributed by atoms with E-state index in [4.69, 9.17) is 4.74 Å². The third kappa shape index (κ3) is 3.82. The molecule has 0 amide bonds. The first-order valence-electron chi connectivity index (χ1n) is 7.06. The summed E-state index contributed by atoms with van der Waals surface area (Å²) in [4.78, 5) is 12.0. The van der Waals surface area contributed by atoms with Gasteiger partial charge in [-0.05, 0) is 61.7 Å². The number of carbonyl (C=O) groups excluding carboxylic acids is 1. The van der Waals surface area contributed by atoms with Crippen LogP contribution in [0.3, 0.4) is 0 Å². The normalized spacial score (nSPS) is 11.1. The fourth-order valence-electron chi connectivity index (χ4n) is 2.08. The number of halogens is 1. The average Bonchev–Trinajstić information content (AvgIpc) is 2.45. The number of carbonyl (C=O) groups is 1. The van der Waals surface area contributed by atoms with Crippen LogP contribution in [-0.2, 0) is 4.74 Å². The van der Waals surface area contributed by atoms with E-state index >= 15 is 0 Å².